The molecule has 1 N–H and O–H groups in total. The molecular formula is C33H39Cl2N5O4S. The van der Waals surface area contributed by atoms with Gasteiger partial charge < -0.3 is 15.1 Å². The third kappa shape index (κ3) is 10.8. The molecule has 0 saturated carbocycles. The normalized spacial score (nSPS) is 11.4. The maximum atomic E-state index is 13.8. The first-order valence-electron chi connectivity index (χ1n) is 14.6. The van der Waals surface area contributed by atoms with Gasteiger partial charge in [0.2, 0.25) is 21.8 Å². The van der Waals surface area contributed by atoms with Crippen molar-refractivity contribution >= 4 is 45.0 Å². The Morgan fingerprint density at radius 3 is 2.20 bits per heavy atom. The molecule has 0 aromatic heterocycles. The van der Waals surface area contributed by atoms with Crippen LogP contribution in [-0.4, -0.2) is 81.2 Å². The second-order valence-electron chi connectivity index (χ2n) is 11.0. The molecule has 0 spiro atoms. The van der Waals surface area contributed by atoms with Crippen molar-refractivity contribution < 1.29 is 18.0 Å². The Morgan fingerprint density at radius 1 is 0.889 bits per heavy atom. The number of unbranched alkanes of at least 4 members (excludes halogenated alkanes) is 1. The predicted molar refractivity (Wildman–Crippen MR) is 177 cm³/mol. The second kappa shape index (κ2) is 17.3. The van der Waals surface area contributed by atoms with Gasteiger partial charge in [-0.2, -0.15) is 9.57 Å². The van der Waals surface area contributed by atoms with E-state index in [1.54, 1.807) is 36.1 Å². The number of benzene rings is 3. The minimum absolute atomic E-state index is 0.00416. The van der Waals surface area contributed by atoms with Crippen LogP contribution in [0.3, 0.4) is 0 Å². The molecule has 3 aromatic rings. The molecule has 45 heavy (non-hydrogen) atoms. The van der Waals surface area contributed by atoms with Gasteiger partial charge in [0.25, 0.3) is 0 Å². The van der Waals surface area contributed by atoms with Crippen LogP contribution in [0.4, 0.5) is 0 Å². The predicted octanol–water partition coefficient (Wildman–Crippen LogP) is 4.89. The zero-order valence-electron chi connectivity index (χ0n) is 25.8. The van der Waals surface area contributed by atoms with Crippen molar-refractivity contribution in [2.45, 2.75) is 37.6 Å². The molecule has 0 saturated heterocycles. The zero-order valence-corrected chi connectivity index (χ0v) is 28.1. The van der Waals surface area contributed by atoms with Crippen LogP contribution in [0.1, 0.15) is 35.1 Å². The van der Waals surface area contributed by atoms with Crippen LogP contribution >= 0.6 is 23.2 Å². The van der Waals surface area contributed by atoms with Gasteiger partial charge in [-0.15, -0.1) is 0 Å². The molecule has 0 aliphatic rings. The molecular weight excluding hydrogens is 633 g/mol. The number of amides is 2. The lowest BCUT2D eigenvalue weighted by Gasteiger charge is -2.25. The minimum atomic E-state index is -4.20. The number of hydrogen-bond acceptors (Lipinski definition) is 6. The Bertz CT molecular complexity index is 1590. The molecule has 9 nitrogen and oxygen atoms in total. The fourth-order valence-corrected chi connectivity index (χ4v) is 6.77. The van der Waals surface area contributed by atoms with Crippen LogP contribution in [0, 0.1) is 18.3 Å². The summed E-state index contributed by atoms with van der Waals surface area (Å²) in [5, 5.41) is 12.1. The Kier molecular flexibility index (Phi) is 13.8. The maximum absolute atomic E-state index is 13.8. The fraction of sp³-hybridized carbons (Fsp3) is 0.364. The van der Waals surface area contributed by atoms with Crippen LogP contribution < -0.4 is 5.32 Å². The quantitative estimate of drug-likeness (QED) is 0.217. The third-order valence-electron chi connectivity index (χ3n) is 7.24. The minimum Gasteiger partial charge on any atom is -0.346 e. The summed E-state index contributed by atoms with van der Waals surface area (Å²) < 4.78 is 28.6. The highest BCUT2D eigenvalue weighted by molar-refractivity contribution is 7.89. The summed E-state index contributed by atoms with van der Waals surface area (Å²) in [5.74, 6) is -0.916. The van der Waals surface area contributed by atoms with Crippen LogP contribution in [0.2, 0.25) is 10.0 Å². The number of carbonyl (C=O) groups excluding carboxylic acids is 2. The second-order valence-corrected chi connectivity index (χ2v) is 13.7. The van der Waals surface area contributed by atoms with Gasteiger partial charge in [0.15, 0.2) is 0 Å². The molecule has 0 heterocycles. The van der Waals surface area contributed by atoms with Gasteiger partial charge in [-0.3, -0.25) is 9.59 Å². The van der Waals surface area contributed by atoms with E-state index in [0.29, 0.717) is 35.7 Å². The number of nitriles is 1. The number of hydrogen-bond donors (Lipinski definition) is 1. The summed E-state index contributed by atoms with van der Waals surface area (Å²) in [6.07, 6.45) is 2.01. The van der Waals surface area contributed by atoms with E-state index in [0.717, 1.165) is 34.8 Å². The SMILES string of the molecule is Cc1c(Cl)ccc(S(=O)(=O)N(CCc2ccccc2)CC(=O)NCC(=O)N(CCCCN(C)C)Cc2ccc(C#N)cc2)c1Cl. The van der Waals surface area contributed by atoms with E-state index in [2.05, 4.69) is 16.3 Å². The highest BCUT2D eigenvalue weighted by atomic mass is 35.5. The number of nitrogens with one attached hydrogen (secondary N) is 1. The summed E-state index contributed by atoms with van der Waals surface area (Å²) in [4.78, 5) is 30.1. The first-order valence-corrected chi connectivity index (χ1v) is 16.8. The van der Waals surface area contributed by atoms with Gasteiger partial charge in [0, 0.05) is 24.7 Å². The molecule has 3 rings (SSSR count). The highest BCUT2D eigenvalue weighted by Crippen LogP contribution is 2.32. The number of carbonyl (C=O) groups is 2. The van der Waals surface area contributed by atoms with E-state index in [1.165, 1.54) is 12.1 Å². The molecule has 2 amide bonds. The van der Waals surface area contributed by atoms with E-state index >= 15 is 0 Å². The van der Waals surface area contributed by atoms with Gasteiger partial charge in [0.1, 0.15) is 4.90 Å². The number of halogens is 2. The summed E-state index contributed by atoms with van der Waals surface area (Å²) in [7, 11) is -0.227. The van der Waals surface area contributed by atoms with E-state index in [-0.39, 0.29) is 28.9 Å². The number of sulfonamides is 1. The lowest BCUT2D eigenvalue weighted by atomic mass is 10.1. The lowest BCUT2D eigenvalue weighted by molar-refractivity contribution is -0.133. The van der Waals surface area contributed by atoms with Crippen molar-refractivity contribution in [3.05, 3.63) is 99.0 Å². The zero-order chi connectivity index (χ0) is 33.0. The van der Waals surface area contributed by atoms with E-state index < -0.39 is 22.5 Å². The van der Waals surface area contributed by atoms with Crippen LogP contribution in [0.15, 0.2) is 71.6 Å². The Balaban J connectivity index is 1.74. The Labute approximate surface area is 276 Å². The topological polar surface area (TPSA) is 114 Å². The first-order chi connectivity index (χ1) is 21.4. The third-order valence-corrected chi connectivity index (χ3v) is 10.1. The summed E-state index contributed by atoms with van der Waals surface area (Å²) in [6.45, 7) is 2.51. The van der Waals surface area contributed by atoms with Crippen molar-refractivity contribution in [3.8, 4) is 6.07 Å². The molecule has 0 radical (unpaired) electrons. The Hall–Kier alpha value is -3.46. The van der Waals surface area contributed by atoms with E-state index in [1.807, 2.05) is 44.4 Å². The molecule has 0 bridgehead atoms. The van der Waals surface area contributed by atoms with Crippen molar-refractivity contribution in [2.75, 3.05) is 46.8 Å². The molecule has 3 aromatic carbocycles. The number of rotatable bonds is 16. The van der Waals surface area contributed by atoms with Crippen molar-refractivity contribution in [3.63, 3.8) is 0 Å². The summed E-state index contributed by atoms with van der Waals surface area (Å²) >= 11 is 12.6. The van der Waals surface area contributed by atoms with Gasteiger partial charge in [0.05, 0.1) is 29.7 Å². The highest BCUT2D eigenvalue weighted by Gasteiger charge is 2.30. The molecule has 0 aliphatic heterocycles. The molecule has 12 heteroatoms. The van der Waals surface area contributed by atoms with E-state index in [4.69, 9.17) is 28.5 Å². The van der Waals surface area contributed by atoms with Gasteiger partial charge >= 0.3 is 0 Å². The van der Waals surface area contributed by atoms with Crippen LogP contribution in [0.5, 0.6) is 0 Å². The molecule has 0 fully saturated rings. The smallest absolute Gasteiger partial charge is 0.245 e. The van der Waals surface area contributed by atoms with Crippen molar-refractivity contribution in [2.24, 2.45) is 0 Å². The van der Waals surface area contributed by atoms with Crippen molar-refractivity contribution in [1.29, 1.82) is 5.26 Å². The Morgan fingerprint density at radius 2 is 1.56 bits per heavy atom. The summed E-state index contributed by atoms with van der Waals surface area (Å²) in [6, 6.07) is 21.2. The standard InChI is InChI=1S/C33H39Cl2N5O4S/c1-25-29(34)15-16-30(33(25)35)45(43,44)40(20-17-26-9-5-4-6-10-26)24-31(41)37-22-32(42)39(19-8-7-18-38(2)3)23-28-13-11-27(21-36)12-14-28/h4-6,9-16H,7-8,17-20,22-24H2,1-3H3,(H,37,41). The van der Waals surface area contributed by atoms with Gasteiger partial charge in [-0.1, -0.05) is 65.7 Å². The van der Waals surface area contributed by atoms with E-state index in [9.17, 15) is 18.0 Å². The average molecular weight is 673 g/mol. The van der Waals surface area contributed by atoms with Gasteiger partial charge in [-0.25, -0.2) is 8.42 Å². The molecule has 0 atom stereocenters. The molecule has 240 valence electrons. The average Bonchev–Trinajstić information content (AvgIpc) is 3.02. The van der Waals surface area contributed by atoms with Gasteiger partial charge in [-0.05, 0) is 87.8 Å². The molecule has 0 aliphatic carbocycles. The lowest BCUT2D eigenvalue weighted by Crippen LogP contribution is -2.45. The van der Waals surface area contributed by atoms with Crippen LogP contribution in [0.25, 0.3) is 0 Å². The largest absolute Gasteiger partial charge is 0.346 e. The molecule has 0 unspecified atom stereocenters. The summed E-state index contributed by atoms with van der Waals surface area (Å²) in [5.41, 5.74) is 2.70. The fourth-order valence-electron chi connectivity index (χ4n) is 4.59. The first kappa shape index (κ1) is 36.0. The number of nitrogens with zero attached hydrogens (tertiary/aromatic N) is 4. The van der Waals surface area contributed by atoms with Crippen molar-refractivity contribution in [1.82, 2.24) is 19.4 Å². The monoisotopic (exact) mass is 671 g/mol. The van der Waals surface area contributed by atoms with Crippen LogP contribution in [-0.2, 0) is 32.6 Å². The maximum Gasteiger partial charge on any atom is 0.245 e.